The number of hydrazine groups is 1. The highest BCUT2D eigenvalue weighted by atomic mass is 19.1. The Hall–Kier alpha value is -4.92. The molecule has 1 aromatic heterocycles. The number of nitrogens with zero attached hydrogens (tertiary/aromatic N) is 3. The van der Waals surface area contributed by atoms with Crippen molar-refractivity contribution in [2.45, 2.75) is 32.9 Å². The molecule has 0 saturated carbocycles. The number of rotatable bonds is 5. The number of aromatic nitrogens is 1. The number of carbonyl (C=O) groups excluding carboxylic acids is 2. The Morgan fingerprint density at radius 1 is 1.07 bits per heavy atom. The van der Waals surface area contributed by atoms with E-state index in [2.05, 4.69) is 10.3 Å². The summed E-state index contributed by atoms with van der Waals surface area (Å²) in [5, 5.41) is 6.85. The minimum atomic E-state index is -0.868. The molecule has 0 unspecified atom stereocenters. The van der Waals surface area contributed by atoms with Crippen LogP contribution in [0, 0.1) is 12.7 Å². The average molecular weight is 539 g/mol. The van der Waals surface area contributed by atoms with Gasteiger partial charge in [0.15, 0.2) is 0 Å². The third kappa shape index (κ3) is 4.10. The van der Waals surface area contributed by atoms with E-state index in [4.69, 9.17) is 9.47 Å². The van der Waals surface area contributed by atoms with Crippen LogP contribution in [0.25, 0.3) is 11.1 Å². The minimum Gasteiger partial charge on any atom is -0.496 e. The number of benzene rings is 3. The summed E-state index contributed by atoms with van der Waals surface area (Å²) in [5.74, 6) is -0.239. The second-order valence-corrected chi connectivity index (χ2v) is 10.3. The van der Waals surface area contributed by atoms with Crippen LogP contribution in [0.4, 0.5) is 21.5 Å². The van der Waals surface area contributed by atoms with Crippen LogP contribution in [0.1, 0.15) is 35.3 Å². The zero-order valence-corrected chi connectivity index (χ0v) is 22.5. The first kappa shape index (κ1) is 25.4. The van der Waals surface area contributed by atoms with Crippen LogP contribution in [0.2, 0.25) is 0 Å². The normalized spacial score (nSPS) is 15.0. The Morgan fingerprint density at radius 3 is 2.62 bits per heavy atom. The lowest BCUT2D eigenvalue weighted by Gasteiger charge is -2.41. The summed E-state index contributed by atoms with van der Waals surface area (Å²) in [6.07, 6.45) is 3.02. The van der Waals surface area contributed by atoms with E-state index < -0.39 is 11.5 Å². The van der Waals surface area contributed by atoms with Gasteiger partial charge in [0.1, 0.15) is 22.9 Å². The fraction of sp³-hybridized carbons (Fsp3) is 0.194. The van der Waals surface area contributed by atoms with Crippen molar-refractivity contribution in [1.82, 2.24) is 4.98 Å². The SMILES string of the molecule is COc1cc(OC(=O)c2cccnc2)ccc1-c1ccc2c3c1CN(c1cc(F)ccc1C)N3C(=O)C(C)(C)N2. The molecule has 6 rings (SSSR count). The molecule has 0 saturated heterocycles. The van der Waals surface area contributed by atoms with E-state index in [9.17, 15) is 14.0 Å². The van der Waals surface area contributed by atoms with Gasteiger partial charge in [-0.2, -0.15) is 0 Å². The molecular weight excluding hydrogens is 511 g/mol. The molecule has 40 heavy (non-hydrogen) atoms. The Labute approximate surface area is 230 Å². The molecule has 202 valence electrons. The summed E-state index contributed by atoms with van der Waals surface area (Å²) >= 11 is 0. The molecule has 0 aliphatic carbocycles. The maximum Gasteiger partial charge on any atom is 0.345 e. The van der Waals surface area contributed by atoms with E-state index in [0.717, 1.165) is 33.6 Å². The van der Waals surface area contributed by atoms with Gasteiger partial charge in [-0.05, 0) is 74.4 Å². The van der Waals surface area contributed by atoms with Crippen molar-refractivity contribution in [2.24, 2.45) is 0 Å². The molecule has 1 amide bonds. The van der Waals surface area contributed by atoms with Crippen LogP contribution in [-0.2, 0) is 11.3 Å². The number of ether oxygens (including phenoxy) is 2. The van der Waals surface area contributed by atoms with Crippen molar-refractivity contribution >= 4 is 28.9 Å². The third-order valence-corrected chi connectivity index (χ3v) is 7.24. The van der Waals surface area contributed by atoms with Crippen molar-refractivity contribution in [1.29, 1.82) is 0 Å². The molecule has 2 aliphatic heterocycles. The molecule has 8 nitrogen and oxygen atoms in total. The van der Waals surface area contributed by atoms with Crippen LogP contribution in [0.5, 0.6) is 11.5 Å². The fourth-order valence-corrected chi connectivity index (χ4v) is 5.26. The van der Waals surface area contributed by atoms with Gasteiger partial charge in [-0.1, -0.05) is 12.1 Å². The molecule has 3 heterocycles. The largest absolute Gasteiger partial charge is 0.496 e. The van der Waals surface area contributed by atoms with Crippen LogP contribution < -0.4 is 24.8 Å². The van der Waals surface area contributed by atoms with Crippen molar-refractivity contribution < 1.29 is 23.5 Å². The van der Waals surface area contributed by atoms with Crippen LogP contribution in [-0.4, -0.2) is 29.5 Å². The lowest BCUT2D eigenvalue weighted by atomic mass is 9.93. The van der Waals surface area contributed by atoms with Crippen molar-refractivity contribution in [3.63, 3.8) is 0 Å². The average Bonchev–Trinajstić information content (AvgIpc) is 3.35. The smallest absolute Gasteiger partial charge is 0.345 e. The van der Waals surface area contributed by atoms with Gasteiger partial charge in [0.2, 0.25) is 0 Å². The fourth-order valence-electron chi connectivity index (χ4n) is 5.26. The molecular formula is C31H27FN4O4. The summed E-state index contributed by atoms with van der Waals surface area (Å²) in [5.41, 5.74) is 4.95. The number of hydrogen-bond acceptors (Lipinski definition) is 7. The topological polar surface area (TPSA) is 84.0 Å². The Bertz CT molecular complexity index is 1670. The van der Waals surface area contributed by atoms with E-state index >= 15 is 0 Å². The van der Waals surface area contributed by atoms with Gasteiger partial charge in [-0.15, -0.1) is 0 Å². The highest BCUT2D eigenvalue weighted by molar-refractivity contribution is 6.12. The third-order valence-electron chi connectivity index (χ3n) is 7.24. The number of halogens is 1. The number of aryl methyl sites for hydroxylation is 1. The summed E-state index contributed by atoms with van der Waals surface area (Å²) < 4.78 is 25.7. The van der Waals surface area contributed by atoms with E-state index in [0.29, 0.717) is 29.3 Å². The van der Waals surface area contributed by atoms with Crippen molar-refractivity contribution in [3.05, 3.63) is 95.6 Å². The van der Waals surface area contributed by atoms with Gasteiger partial charge < -0.3 is 14.8 Å². The van der Waals surface area contributed by atoms with Gasteiger partial charge in [0.25, 0.3) is 5.91 Å². The first-order valence-corrected chi connectivity index (χ1v) is 12.8. The van der Waals surface area contributed by atoms with Gasteiger partial charge >= 0.3 is 5.97 Å². The predicted octanol–water partition coefficient (Wildman–Crippen LogP) is 5.90. The van der Waals surface area contributed by atoms with Gasteiger partial charge in [0, 0.05) is 29.6 Å². The molecule has 2 aliphatic rings. The minimum absolute atomic E-state index is 0.149. The molecule has 0 bridgehead atoms. The zero-order valence-electron chi connectivity index (χ0n) is 22.5. The maximum absolute atomic E-state index is 14.4. The summed E-state index contributed by atoms with van der Waals surface area (Å²) in [6, 6.07) is 17.0. The summed E-state index contributed by atoms with van der Waals surface area (Å²) in [4.78, 5) is 30.3. The maximum atomic E-state index is 14.4. The lowest BCUT2D eigenvalue weighted by molar-refractivity contribution is -0.122. The molecule has 1 N–H and O–H groups in total. The summed E-state index contributed by atoms with van der Waals surface area (Å²) in [6.45, 7) is 5.89. The second-order valence-electron chi connectivity index (χ2n) is 10.3. The van der Waals surface area contributed by atoms with E-state index in [1.54, 1.807) is 48.6 Å². The molecule has 3 aromatic carbocycles. The number of pyridine rings is 1. The molecule has 9 heteroatoms. The van der Waals surface area contributed by atoms with Gasteiger partial charge in [0.05, 0.1) is 36.3 Å². The first-order chi connectivity index (χ1) is 19.2. The van der Waals surface area contributed by atoms with E-state index in [1.807, 2.05) is 44.0 Å². The molecule has 0 atom stereocenters. The zero-order chi connectivity index (χ0) is 28.2. The molecule has 0 radical (unpaired) electrons. The number of amides is 1. The highest BCUT2D eigenvalue weighted by Gasteiger charge is 2.47. The Morgan fingerprint density at radius 2 is 1.88 bits per heavy atom. The van der Waals surface area contributed by atoms with Crippen LogP contribution in [0.3, 0.4) is 0 Å². The summed E-state index contributed by atoms with van der Waals surface area (Å²) in [7, 11) is 1.55. The Balaban J connectivity index is 1.44. The molecule has 4 aromatic rings. The lowest BCUT2D eigenvalue weighted by Crippen LogP contribution is -2.57. The number of methoxy groups -OCH3 is 1. The standard InChI is InChI=1S/C31H27FN4O4/c1-18-7-8-20(32)14-26(18)35-17-24-22(11-12-25-28(24)36(35)30(38)31(2,3)34-25)23-10-9-21(15-27(23)39-4)40-29(37)19-6-5-13-33-16-19/h5-16,34H,17H2,1-4H3. The van der Waals surface area contributed by atoms with Crippen molar-refractivity contribution in [2.75, 3.05) is 22.4 Å². The number of carbonyl (C=O) groups is 2. The van der Waals surface area contributed by atoms with Crippen molar-refractivity contribution in [3.8, 4) is 22.6 Å². The number of anilines is 3. The Kier molecular flexibility index (Phi) is 5.94. The number of hydrogen-bond donors (Lipinski definition) is 1. The highest BCUT2D eigenvalue weighted by Crippen LogP contribution is 2.50. The second kappa shape index (κ2) is 9.37. The predicted molar refractivity (Wildman–Crippen MR) is 150 cm³/mol. The quantitative estimate of drug-likeness (QED) is 0.250. The molecule has 0 spiro atoms. The number of nitrogens with one attached hydrogen (secondary N) is 1. The monoisotopic (exact) mass is 538 g/mol. The van der Waals surface area contributed by atoms with E-state index in [1.165, 1.54) is 18.3 Å². The van der Waals surface area contributed by atoms with Crippen LogP contribution >= 0.6 is 0 Å². The first-order valence-electron chi connectivity index (χ1n) is 12.8. The van der Waals surface area contributed by atoms with Crippen LogP contribution in [0.15, 0.2) is 73.1 Å². The molecule has 0 fully saturated rings. The van der Waals surface area contributed by atoms with Gasteiger partial charge in [-0.25, -0.2) is 14.2 Å². The number of esters is 1. The van der Waals surface area contributed by atoms with Gasteiger partial charge in [-0.3, -0.25) is 14.8 Å². The van der Waals surface area contributed by atoms with E-state index in [-0.39, 0.29) is 11.7 Å².